The maximum Gasteiger partial charge on any atom is 0.252 e. The third kappa shape index (κ3) is 4.47. The number of carbonyl (C=O) groups excluding carboxylic acids is 1. The Bertz CT molecular complexity index is 659. The van der Waals surface area contributed by atoms with Crippen molar-refractivity contribution in [2.75, 3.05) is 13.6 Å². The fourth-order valence-electron chi connectivity index (χ4n) is 2.92. The molecule has 8 heteroatoms. The Balaban J connectivity index is 1.97. The molecule has 130 valence electrons. The largest absolute Gasteiger partial charge is 0.352 e. The molecule has 3 atom stereocenters. The number of amides is 1. The monoisotopic (exact) mass is 378 g/mol. The van der Waals surface area contributed by atoms with Crippen molar-refractivity contribution >= 4 is 38.9 Å². The van der Waals surface area contributed by atoms with Gasteiger partial charge < -0.3 is 5.32 Å². The van der Waals surface area contributed by atoms with Crippen molar-refractivity contribution in [3.63, 3.8) is 0 Å². The van der Waals surface area contributed by atoms with Crippen LogP contribution in [0.5, 0.6) is 0 Å². The van der Waals surface area contributed by atoms with Crippen molar-refractivity contribution in [3.05, 3.63) is 16.5 Å². The fourth-order valence-corrected chi connectivity index (χ4v) is 5.74. The standard InChI is InChI=1S/C15H23ClN2O3S2/c1-10-5-4-6-12(11(10)2)17-14(19)9-18(3)23(20,21)15-8-7-13(16)22-15/h7-8,10-12H,4-6,9H2,1-3H3,(H,17,19)/t10-,11-,12+/m1/s1. The number of likely N-dealkylation sites (N-methyl/N-ethyl adjacent to an activating group) is 1. The lowest BCUT2D eigenvalue weighted by atomic mass is 9.78. The highest BCUT2D eigenvalue weighted by Crippen LogP contribution is 2.30. The van der Waals surface area contributed by atoms with Crippen LogP contribution in [0.2, 0.25) is 4.34 Å². The minimum atomic E-state index is -3.67. The predicted octanol–water partition coefficient (Wildman–Crippen LogP) is 2.96. The topological polar surface area (TPSA) is 66.5 Å². The second kappa shape index (κ2) is 7.51. The van der Waals surface area contributed by atoms with Crippen LogP contribution >= 0.6 is 22.9 Å². The number of nitrogens with zero attached hydrogens (tertiary/aromatic N) is 1. The number of hydrogen-bond donors (Lipinski definition) is 1. The summed E-state index contributed by atoms with van der Waals surface area (Å²) in [6, 6.07) is 3.12. The van der Waals surface area contributed by atoms with Gasteiger partial charge in [-0.3, -0.25) is 4.79 Å². The lowest BCUT2D eigenvalue weighted by Crippen LogP contribution is -2.47. The van der Waals surface area contributed by atoms with E-state index in [1.807, 2.05) is 0 Å². The Morgan fingerprint density at radius 2 is 2.09 bits per heavy atom. The summed E-state index contributed by atoms with van der Waals surface area (Å²) >= 11 is 6.78. The van der Waals surface area contributed by atoms with Gasteiger partial charge >= 0.3 is 0 Å². The Kier molecular flexibility index (Phi) is 6.10. The van der Waals surface area contributed by atoms with E-state index in [-0.39, 0.29) is 22.7 Å². The summed E-state index contributed by atoms with van der Waals surface area (Å²) in [7, 11) is -2.26. The average Bonchev–Trinajstić information content (AvgIpc) is 2.91. The minimum absolute atomic E-state index is 0.124. The summed E-state index contributed by atoms with van der Waals surface area (Å²) in [5.41, 5.74) is 0. The Morgan fingerprint density at radius 3 is 2.70 bits per heavy atom. The summed E-state index contributed by atoms with van der Waals surface area (Å²) in [6.45, 7) is 4.15. The van der Waals surface area contributed by atoms with Gasteiger partial charge in [0.25, 0.3) is 10.0 Å². The molecule has 2 rings (SSSR count). The van der Waals surface area contributed by atoms with Gasteiger partial charge in [-0.05, 0) is 30.4 Å². The van der Waals surface area contributed by atoms with Crippen molar-refractivity contribution in [2.24, 2.45) is 11.8 Å². The molecule has 0 bridgehead atoms. The molecule has 0 spiro atoms. The molecular formula is C15H23ClN2O3S2. The summed E-state index contributed by atoms with van der Waals surface area (Å²) in [6.07, 6.45) is 3.23. The summed E-state index contributed by atoms with van der Waals surface area (Å²) in [4.78, 5) is 12.2. The van der Waals surface area contributed by atoms with E-state index >= 15 is 0 Å². The fraction of sp³-hybridized carbons (Fsp3) is 0.667. The van der Waals surface area contributed by atoms with Gasteiger partial charge in [0, 0.05) is 13.1 Å². The van der Waals surface area contributed by atoms with Crippen LogP contribution in [0.4, 0.5) is 0 Å². The quantitative estimate of drug-likeness (QED) is 0.856. The zero-order valence-electron chi connectivity index (χ0n) is 13.6. The zero-order valence-corrected chi connectivity index (χ0v) is 16.0. The highest BCUT2D eigenvalue weighted by atomic mass is 35.5. The van der Waals surface area contributed by atoms with Crippen LogP contribution in [0, 0.1) is 11.8 Å². The Labute approximate surface area is 147 Å². The van der Waals surface area contributed by atoms with Gasteiger partial charge in [0.1, 0.15) is 4.21 Å². The van der Waals surface area contributed by atoms with E-state index in [0.29, 0.717) is 16.2 Å². The van der Waals surface area contributed by atoms with E-state index in [1.54, 1.807) is 0 Å². The maximum atomic E-state index is 12.4. The third-order valence-electron chi connectivity index (χ3n) is 4.63. The molecule has 0 unspecified atom stereocenters. The second-order valence-electron chi connectivity index (χ2n) is 6.26. The lowest BCUT2D eigenvalue weighted by Gasteiger charge is -2.34. The van der Waals surface area contributed by atoms with Crippen LogP contribution in [0.3, 0.4) is 0 Å². The molecule has 0 aromatic carbocycles. The molecule has 1 aliphatic rings. The van der Waals surface area contributed by atoms with Gasteiger partial charge in [-0.1, -0.05) is 38.3 Å². The van der Waals surface area contributed by atoms with Crippen LogP contribution < -0.4 is 5.32 Å². The highest BCUT2D eigenvalue weighted by molar-refractivity contribution is 7.91. The molecule has 0 aliphatic heterocycles. The van der Waals surface area contributed by atoms with Crippen LogP contribution in [0.1, 0.15) is 33.1 Å². The first-order chi connectivity index (χ1) is 10.7. The molecule has 23 heavy (non-hydrogen) atoms. The van der Waals surface area contributed by atoms with Gasteiger partial charge in [-0.25, -0.2) is 8.42 Å². The smallest absolute Gasteiger partial charge is 0.252 e. The van der Waals surface area contributed by atoms with E-state index in [1.165, 1.54) is 25.6 Å². The molecule has 1 heterocycles. The first kappa shape index (κ1) is 18.7. The van der Waals surface area contributed by atoms with Crippen LogP contribution in [0.15, 0.2) is 16.3 Å². The zero-order chi connectivity index (χ0) is 17.2. The molecule has 1 aliphatic carbocycles. The van der Waals surface area contributed by atoms with Gasteiger partial charge in [0.2, 0.25) is 5.91 Å². The lowest BCUT2D eigenvalue weighted by molar-refractivity contribution is -0.122. The summed E-state index contributed by atoms with van der Waals surface area (Å²) in [5.74, 6) is 0.721. The van der Waals surface area contributed by atoms with Gasteiger partial charge in [-0.2, -0.15) is 4.31 Å². The minimum Gasteiger partial charge on any atom is -0.352 e. The molecule has 1 amide bonds. The van der Waals surface area contributed by atoms with Crippen molar-refractivity contribution in [1.82, 2.24) is 9.62 Å². The molecule has 5 nitrogen and oxygen atoms in total. The number of rotatable bonds is 5. The van der Waals surface area contributed by atoms with Crippen molar-refractivity contribution in [1.29, 1.82) is 0 Å². The average molecular weight is 379 g/mol. The molecule has 1 saturated carbocycles. The number of sulfonamides is 1. The van der Waals surface area contributed by atoms with Crippen LogP contribution in [0.25, 0.3) is 0 Å². The molecule has 1 N–H and O–H groups in total. The normalized spacial score (nSPS) is 25.5. The van der Waals surface area contributed by atoms with Gasteiger partial charge in [0.05, 0.1) is 10.9 Å². The molecular weight excluding hydrogens is 356 g/mol. The summed E-state index contributed by atoms with van der Waals surface area (Å²) < 4.78 is 26.4. The summed E-state index contributed by atoms with van der Waals surface area (Å²) in [5, 5.41) is 2.99. The first-order valence-corrected chi connectivity index (χ1v) is 10.4. The van der Waals surface area contributed by atoms with Crippen molar-refractivity contribution < 1.29 is 13.2 Å². The third-order valence-corrected chi connectivity index (χ3v) is 8.13. The van der Waals surface area contributed by atoms with Crippen LogP contribution in [-0.2, 0) is 14.8 Å². The van der Waals surface area contributed by atoms with E-state index < -0.39 is 10.0 Å². The van der Waals surface area contributed by atoms with Crippen molar-refractivity contribution in [3.8, 4) is 0 Å². The maximum absolute atomic E-state index is 12.4. The number of thiophene rings is 1. The number of hydrogen-bond acceptors (Lipinski definition) is 4. The number of halogens is 1. The van der Waals surface area contributed by atoms with Gasteiger partial charge in [0.15, 0.2) is 0 Å². The highest BCUT2D eigenvalue weighted by Gasteiger charge is 2.30. The van der Waals surface area contributed by atoms with E-state index in [2.05, 4.69) is 19.2 Å². The SMILES string of the molecule is C[C@@H]1[C@H](C)CCC[C@@H]1NC(=O)CN(C)S(=O)(=O)c1ccc(Cl)s1. The Hall–Kier alpha value is -0.630. The molecule has 0 radical (unpaired) electrons. The number of nitrogens with one attached hydrogen (secondary N) is 1. The van der Waals surface area contributed by atoms with Gasteiger partial charge in [-0.15, -0.1) is 11.3 Å². The van der Waals surface area contributed by atoms with E-state index in [4.69, 9.17) is 11.6 Å². The molecule has 1 fully saturated rings. The Morgan fingerprint density at radius 1 is 1.39 bits per heavy atom. The molecule has 0 saturated heterocycles. The van der Waals surface area contributed by atoms with E-state index in [9.17, 15) is 13.2 Å². The second-order valence-corrected chi connectivity index (χ2v) is 10.2. The molecule has 1 aromatic rings. The predicted molar refractivity (Wildman–Crippen MR) is 93.3 cm³/mol. The van der Waals surface area contributed by atoms with Crippen LogP contribution in [-0.4, -0.2) is 38.3 Å². The van der Waals surface area contributed by atoms with Crippen molar-refractivity contribution in [2.45, 2.75) is 43.4 Å². The number of carbonyl (C=O) groups is 1. The van der Waals surface area contributed by atoms with E-state index in [0.717, 1.165) is 28.5 Å². The molecule has 1 aromatic heterocycles. The first-order valence-electron chi connectivity index (χ1n) is 7.73.